The predicted octanol–water partition coefficient (Wildman–Crippen LogP) is 1.26. The summed E-state index contributed by atoms with van der Waals surface area (Å²) in [6, 6.07) is 2.22. The van der Waals surface area contributed by atoms with Crippen LogP contribution in [0.3, 0.4) is 0 Å². The Hall–Kier alpha value is -1.38. The summed E-state index contributed by atoms with van der Waals surface area (Å²) in [6.45, 7) is 3.69. The van der Waals surface area contributed by atoms with Crippen molar-refractivity contribution in [1.82, 2.24) is 9.55 Å². The topological polar surface area (TPSA) is 71.1 Å². The lowest BCUT2D eigenvalue weighted by atomic mass is 9.81. The maximum Gasteiger partial charge on any atom is 0.116 e. The molecule has 0 saturated carbocycles. The highest BCUT2D eigenvalue weighted by Gasteiger charge is 2.44. The van der Waals surface area contributed by atoms with Crippen LogP contribution in [-0.2, 0) is 11.3 Å². The van der Waals surface area contributed by atoms with Crippen molar-refractivity contribution in [3.05, 3.63) is 18.2 Å². The number of aromatic nitrogens is 2. The van der Waals surface area contributed by atoms with Gasteiger partial charge >= 0.3 is 0 Å². The number of aliphatic hydroxyl groups is 1. The standard InChI is InChI=1S/C12H17N3O2/c1-2-4-15-9-14-6-10(15)11(16)12(7-13)3-5-17-8-12/h6,9,11,16H,2-5,8H2,1H3. The van der Waals surface area contributed by atoms with Gasteiger partial charge in [0.1, 0.15) is 11.5 Å². The van der Waals surface area contributed by atoms with E-state index in [-0.39, 0.29) is 0 Å². The van der Waals surface area contributed by atoms with Crippen LogP contribution in [0.5, 0.6) is 0 Å². The highest BCUT2D eigenvalue weighted by Crippen LogP contribution is 2.40. The molecule has 17 heavy (non-hydrogen) atoms. The van der Waals surface area contributed by atoms with E-state index in [9.17, 15) is 10.4 Å². The average Bonchev–Trinajstić information content (AvgIpc) is 2.97. The lowest BCUT2D eigenvalue weighted by molar-refractivity contribution is 0.0446. The molecule has 0 aliphatic carbocycles. The predicted molar refractivity (Wildman–Crippen MR) is 61.0 cm³/mol. The SMILES string of the molecule is CCCn1cncc1C(O)C1(C#N)CCOC1. The first-order valence-electron chi connectivity index (χ1n) is 5.90. The fourth-order valence-electron chi connectivity index (χ4n) is 2.22. The van der Waals surface area contributed by atoms with Gasteiger partial charge in [0.2, 0.25) is 0 Å². The van der Waals surface area contributed by atoms with E-state index in [1.807, 2.05) is 4.57 Å². The second-order valence-corrected chi connectivity index (χ2v) is 4.48. The van der Waals surface area contributed by atoms with Crippen LogP contribution in [0.25, 0.3) is 0 Å². The first-order valence-corrected chi connectivity index (χ1v) is 5.90. The molecule has 1 aliphatic rings. The Labute approximate surface area is 101 Å². The van der Waals surface area contributed by atoms with Gasteiger partial charge in [0, 0.05) is 13.2 Å². The molecule has 0 bridgehead atoms. The molecule has 5 nitrogen and oxygen atoms in total. The fraction of sp³-hybridized carbons (Fsp3) is 0.667. The third-order valence-electron chi connectivity index (χ3n) is 3.29. The van der Waals surface area contributed by atoms with Crippen molar-refractivity contribution >= 4 is 0 Å². The number of hydrogen-bond donors (Lipinski definition) is 1. The molecule has 1 N–H and O–H groups in total. The van der Waals surface area contributed by atoms with Gasteiger partial charge in [-0.2, -0.15) is 5.26 Å². The first kappa shape index (κ1) is 12.1. The quantitative estimate of drug-likeness (QED) is 0.852. The zero-order chi connectivity index (χ0) is 12.3. The number of aryl methyl sites for hydroxylation is 1. The molecule has 2 atom stereocenters. The summed E-state index contributed by atoms with van der Waals surface area (Å²) in [7, 11) is 0. The van der Waals surface area contributed by atoms with Crippen molar-refractivity contribution in [3.63, 3.8) is 0 Å². The maximum absolute atomic E-state index is 10.4. The van der Waals surface area contributed by atoms with Crippen molar-refractivity contribution in [2.45, 2.75) is 32.4 Å². The highest BCUT2D eigenvalue weighted by atomic mass is 16.5. The largest absolute Gasteiger partial charge is 0.385 e. The molecule has 0 radical (unpaired) electrons. The Kier molecular flexibility index (Phi) is 3.46. The van der Waals surface area contributed by atoms with Gasteiger partial charge in [0.15, 0.2) is 0 Å². The normalized spacial score (nSPS) is 25.7. The molecule has 5 heteroatoms. The van der Waals surface area contributed by atoms with E-state index in [0.717, 1.165) is 13.0 Å². The van der Waals surface area contributed by atoms with Gasteiger partial charge < -0.3 is 14.4 Å². The van der Waals surface area contributed by atoms with E-state index in [1.165, 1.54) is 0 Å². The molecular formula is C12H17N3O2. The Balaban J connectivity index is 2.26. The van der Waals surface area contributed by atoms with Crippen LogP contribution in [0.15, 0.2) is 12.5 Å². The van der Waals surface area contributed by atoms with Gasteiger partial charge in [-0.25, -0.2) is 4.98 Å². The number of rotatable bonds is 4. The summed E-state index contributed by atoms with van der Waals surface area (Å²) in [6.07, 6.45) is 4.04. The van der Waals surface area contributed by atoms with E-state index in [0.29, 0.717) is 25.3 Å². The van der Waals surface area contributed by atoms with Crippen molar-refractivity contribution in [1.29, 1.82) is 5.26 Å². The third-order valence-corrected chi connectivity index (χ3v) is 3.29. The number of nitriles is 1. The molecule has 1 saturated heterocycles. The van der Waals surface area contributed by atoms with Gasteiger partial charge in [-0.3, -0.25) is 0 Å². The maximum atomic E-state index is 10.4. The molecule has 0 aromatic carbocycles. The number of imidazole rings is 1. The molecule has 1 aromatic heterocycles. The monoisotopic (exact) mass is 235 g/mol. The molecule has 92 valence electrons. The van der Waals surface area contributed by atoms with Crippen molar-refractivity contribution in [2.24, 2.45) is 5.41 Å². The van der Waals surface area contributed by atoms with Crippen LogP contribution < -0.4 is 0 Å². The smallest absolute Gasteiger partial charge is 0.116 e. The van der Waals surface area contributed by atoms with Gasteiger partial charge in [0.05, 0.1) is 30.9 Å². The highest BCUT2D eigenvalue weighted by molar-refractivity contribution is 5.16. The Morgan fingerprint density at radius 1 is 1.76 bits per heavy atom. The molecule has 1 aliphatic heterocycles. The lowest BCUT2D eigenvalue weighted by Crippen LogP contribution is -2.29. The minimum absolute atomic E-state index is 0.294. The summed E-state index contributed by atoms with van der Waals surface area (Å²) < 4.78 is 7.16. The van der Waals surface area contributed by atoms with Crippen LogP contribution >= 0.6 is 0 Å². The second-order valence-electron chi connectivity index (χ2n) is 4.48. The summed E-state index contributed by atoms with van der Waals surface area (Å²) in [5.41, 5.74) is -0.107. The van der Waals surface area contributed by atoms with E-state index in [2.05, 4.69) is 18.0 Å². The van der Waals surface area contributed by atoms with Gasteiger partial charge in [-0.15, -0.1) is 0 Å². The van der Waals surface area contributed by atoms with Crippen LogP contribution in [0.4, 0.5) is 0 Å². The van der Waals surface area contributed by atoms with Crippen LogP contribution in [0.1, 0.15) is 31.6 Å². The molecule has 0 amide bonds. The lowest BCUT2D eigenvalue weighted by Gasteiger charge is -2.26. The zero-order valence-electron chi connectivity index (χ0n) is 9.96. The van der Waals surface area contributed by atoms with E-state index in [1.54, 1.807) is 12.5 Å². The van der Waals surface area contributed by atoms with Crippen molar-refractivity contribution < 1.29 is 9.84 Å². The molecular weight excluding hydrogens is 218 g/mol. The molecule has 2 heterocycles. The average molecular weight is 235 g/mol. The zero-order valence-corrected chi connectivity index (χ0v) is 9.96. The van der Waals surface area contributed by atoms with Crippen LogP contribution in [0, 0.1) is 16.7 Å². The van der Waals surface area contributed by atoms with E-state index >= 15 is 0 Å². The summed E-state index contributed by atoms with van der Waals surface area (Å²) in [5.74, 6) is 0. The number of hydrogen-bond acceptors (Lipinski definition) is 4. The van der Waals surface area contributed by atoms with E-state index in [4.69, 9.17) is 4.74 Å². The minimum Gasteiger partial charge on any atom is -0.385 e. The summed E-state index contributed by atoms with van der Waals surface area (Å²) >= 11 is 0. The number of nitrogens with zero attached hydrogens (tertiary/aromatic N) is 3. The van der Waals surface area contributed by atoms with Gasteiger partial charge in [-0.05, 0) is 12.8 Å². The first-order chi connectivity index (χ1) is 8.23. The third kappa shape index (κ3) is 2.06. The van der Waals surface area contributed by atoms with E-state index < -0.39 is 11.5 Å². The molecule has 1 aromatic rings. The van der Waals surface area contributed by atoms with Crippen molar-refractivity contribution in [2.75, 3.05) is 13.2 Å². The number of aliphatic hydroxyl groups excluding tert-OH is 1. The summed E-state index contributed by atoms with van der Waals surface area (Å²) in [4.78, 5) is 4.05. The Bertz CT molecular complexity index is 416. The van der Waals surface area contributed by atoms with Gasteiger partial charge in [-0.1, -0.05) is 6.92 Å². The second kappa shape index (κ2) is 4.86. The molecule has 0 spiro atoms. The molecule has 2 unspecified atom stereocenters. The Morgan fingerprint density at radius 2 is 2.59 bits per heavy atom. The van der Waals surface area contributed by atoms with Gasteiger partial charge in [0.25, 0.3) is 0 Å². The number of ether oxygens (including phenoxy) is 1. The summed E-state index contributed by atoms with van der Waals surface area (Å²) in [5, 5.41) is 19.7. The van der Waals surface area contributed by atoms with Crippen LogP contribution in [-0.4, -0.2) is 27.9 Å². The molecule has 2 rings (SSSR count). The van der Waals surface area contributed by atoms with Crippen molar-refractivity contribution in [3.8, 4) is 6.07 Å². The minimum atomic E-state index is -0.830. The van der Waals surface area contributed by atoms with Crippen LogP contribution in [0.2, 0.25) is 0 Å². The Morgan fingerprint density at radius 3 is 3.18 bits per heavy atom. The molecule has 1 fully saturated rings. The fourth-order valence-corrected chi connectivity index (χ4v) is 2.22.